The second-order valence-electron chi connectivity index (χ2n) is 5.52. The average Bonchev–Trinajstić information content (AvgIpc) is 2.41. The Kier molecular flexibility index (Phi) is 5.34. The summed E-state index contributed by atoms with van der Waals surface area (Å²) in [4.78, 5) is 27.6. The molecule has 0 N–H and O–H groups in total. The summed E-state index contributed by atoms with van der Waals surface area (Å²) in [5, 5.41) is 0. The zero-order chi connectivity index (χ0) is 13.7. The molecule has 0 aromatic rings. The second kappa shape index (κ2) is 7.01. The van der Waals surface area contributed by atoms with Gasteiger partial charge in [0.1, 0.15) is 5.78 Å². The molecule has 1 amide bonds. The number of Topliss-reactive ketones (excluding diaryl/α,β-unsaturated/α-hetero) is 1. The van der Waals surface area contributed by atoms with Gasteiger partial charge in [-0.15, -0.1) is 0 Å². The molecule has 19 heavy (non-hydrogen) atoms. The number of nitrogens with zero attached hydrogens (tertiary/aromatic N) is 2. The number of piperidine rings is 1. The maximum atomic E-state index is 12.2. The average molecular weight is 268 g/mol. The Morgan fingerprint density at radius 2 is 1.89 bits per heavy atom. The van der Waals surface area contributed by atoms with Gasteiger partial charge in [-0.05, 0) is 26.3 Å². The minimum absolute atomic E-state index is 0.179. The van der Waals surface area contributed by atoms with Crippen molar-refractivity contribution in [3.8, 4) is 0 Å². The summed E-state index contributed by atoms with van der Waals surface area (Å²) in [6, 6.07) is 0.260. The predicted octanol–water partition coefficient (Wildman–Crippen LogP) is 0.679. The third-order valence-electron chi connectivity index (χ3n) is 3.97. The molecule has 1 unspecified atom stereocenters. The number of ether oxygens (including phenoxy) is 1. The summed E-state index contributed by atoms with van der Waals surface area (Å²) >= 11 is 0. The lowest BCUT2D eigenvalue weighted by Crippen LogP contribution is -2.49. The molecule has 2 rings (SSSR count). The van der Waals surface area contributed by atoms with Crippen LogP contribution in [0.3, 0.4) is 0 Å². The van der Waals surface area contributed by atoms with Crippen LogP contribution in [0.1, 0.15) is 32.6 Å². The zero-order valence-electron chi connectivity index (χ0n) is 11.8. The van der Waals surface area contributed by atoms with Crippen molar-refractivity contribution in [2.24, 2.45) is 0 Å². The summed E-state index contributed by atoms with van der Waals surface area (Å²) in [5.74, 6) is 0.398. The lowest BCUT2D eigenvalue weighted by atomic mass is 9.98. The zero-order valence-corrected chi connectivity index (χ0v) is 11.8. The number of hydrogen-bond donors (Lipinski definition) is 0. The maximum Gasteiger partial charge on any atom is 0.236 e. The molecule has 0 spiro atoms. The SMILES string of the molecule is CC(=O)CC1CCCCN1CC(=O)N1CCOCC1. The Morgan fingerprint density at radius 1 is 1.16 bits per heavy atom. The van der Waals surface area contributed by atoms with Gasteiger partial charge in [-0.2, -0.15) is 0 Å². The van der Waals surface area contributed by atoms with Crippen molar-refractivity contribution in [1.82, 2.24) is 9.80 Å². The molecule has 2 heterocycles. The van der Waals surface area contributed by atoms with Crippen LogP contribution in [0, 0.1) is 0 Å². The van der Waals surface area contributed by atoms with Gasteiger partial charge in [0.15, 0.2) is 0 Å². The Labute approximate surface area is 114 Å². The van der Waals surface area contributed by atoms with Crippen LogP contribution in [0.4, 0.5) is 0 Å². The standard InChI is InChI=1S/C14H24N2O3/c1-12(17)10-13-4-2-3-5-16(13)11-14(18)15-6-8-19-9-7-15/h13H,2-11H2,1H3. The van der Waals surface area contributed by atoms with Gasteiger partial charge in [-0.25, -0.2) is 0 Å². The third-order valence-corrected chi connectivity index (χ3v) is 3.97. The van der Waals surface area contributed by atoms with Crippen LogP contribution < -0.4 is 0 Å². The molecule has 0 radical (unpaired) electrons. The first-order valence-electron chi connectivity index (χ1n) is 7.26. The molecule has 2 fully saturated rings. The van der Waals surface area contributed by atoms with E-state index in [1.807, 2.05) is 4.90 Å². The highest BCUT2D eigenvalue weighted by atomic mass is 16.5. The van der Waals surface area contributed by atoms with Crippen molar-refractivity contribution in [2.45, 2.75) is 38.6 Å². The topological polar surface area (TPSA) is 49.9 Å². The molecule has 5 nitrogen and oxygen atoms in total. The smallest absolute Gasteiger partial charge is 0.236 e. The maximum absolute atomic E-state index is 12.2. The summed E-state index contributed by atoms with van der Waals surface area (Å²) in [7, 11) is 0. The molecule has 0 aromatic carbocycles. The lowest BCUT2D eigenvalue weighted by molar-refractivity contribution is -0.138. The van der Waals surface area contributed by atoms with E-state index in [0.29, 0.717) is 39.3 Å². The van der Waals surface area contributed by atoms with Gasteiger partial charge < -0.3 is 9.64 Å². The Morgan fingerprint density at radius 3 is 2.58 bits per heavy atom. The molecule has 2 saturated heterocycles. The molecule has 5 heteroatoms. The molecule has 0 bridgehead atoms. The number of amides is 1. The quantitative estimate of drug-likeness (QED) is 0.752. The third kappa shape index (κ3) is 4.28. The first-order chi connectivity index (χ1) is 9.16. The molecule has 0 aromatic heterocycles. The minimum atomic E-state index is 0.179. The molecular weight excluding hydrogens is 244 g/mol. The van der Waals surface area contributed by atoms with E-state index in [2.05, 4.69) is 4.90 Å². The highest BCUT2D eigenvalue weighted by Crippen LogP contribution is 2.20. The molecule has 1 atom stereocenters. The number of likely N-dealkylation sites (tertiary alicyclic amines) is 1. The monoisotopic (exact) mass is 268 g/mol. The van der Waals surface area contributed by atoms with Gasteiger partial charge in [0.2, 0.25) is 5.91 Å². The van der Waals surface area contributed by atoms with Crippen LogP contribution >= 0.6 is 0 Å². The van der Waals surface area contributed by atoms with Crippen LogP contribution in [-0.2, 0) is 14.3 Å². The number of hydrogen-bond acceptors (Lipinski definition) is 4. The van der Waals surface area contributed by atoms with Crippen molar-refractivity contribution in [1.29, 1.82) is 0 Å². The van der Waals surface area contributed by atoms with Crippen molar-refractivity contribution in [3.63, 3.8) is 0 Å². The Hall–Kier alpha value is -0.940. The van der Waals surface area contributed by atoms with Crippen LogP contribution in [0.2, 0.25) is 0 Å². The van der Waals surface area contributed by atoms with E-state index in [1.54, 1.807) is 6.92 Å². The van der Waals surface area contributed by atoms with E-state index in [-0.39, 0.29) is 17.7 Å². The molecule has 0 saturated carbocycles. The normalized spacial score (nSPS) is 25.3. The van der Waals surface area contributed by atoms with Gasteiger partial charge in [-0.1, -0.05) is 6.42 Å². The summed E-state index contributed by atoms with van der Waals surface area (Å²) < 4.78 is 5.26. The van der Waals surface area contributed by atoms with Crippen molar-refractivity contribution in [2.75, 3.05) is 39.4 Å². The van der Waals surface area contributed by atoms with Crippen molar-refractivity contribution >= 4 is 11.7 Å². The van der Waals surface area contributed by atoms with Crippen molar-refractivity contribution in [3.05, 3.63) is 0 Å². The largest absolute Gasteiger partial charge is 0.378 e. The fraction of sp³-hybridized carbons (Fsp3) is 0.857. The number of carbonyl (C=O) groups is 2. The minimum Gasteiger partial charge on any atom is -0.378 e. The van der Waals surface area contributed by atoms with E-state index in [9.17, 15) is 9.59 Å². The van der Waals surface area contributed by atoms with Crippen molar-refractivity contribution < 1.29 is 14.3 Å². The van der Waals surface area contributed by atoms with Gasteiger partial charge in [0, 0.05) is 25.6 Å². The first-order valence-corrected chi connectivity index (χ1v) is 7.26. The summed E-state index contributed by atoms with van der Waals surface area (Å²) in [6.07, 6.45) is 3.91. The van der Waals surface area contributed by atoms with Crippen LogP contribution in [0.5, 0.6) is 0 Å². The summed E-state index contributed by atoms with van der Waals surface area (Å²) in [5.41, 5.74) is 0. The van der Waals surface area contributed by atoms with Crippen LogP contribution in [-0.4, -0.2) is 66.9 Å². The van der Waals surface area contributed by atoms with Gasteiger partial charge in [-0.3, -0.25) is 14.5 Å². The number of rotatable bonds is 4. The van der Waals surface area contributed by atoms with Gasteiger partial charge in [0.05, 0.1) is 19.8 Å². The number of carbonyl (C=O) groups excluding carboxylic acids is 2. The predicted molar refractivity (Wildman–Crippen MR) is 71.9 cm³/mol. The van der Waals surface area contributed by atoms with Gasteiger partial charge in [0.25, 0.3) is 0 Å². The molecule has 108 valence electrons. The fourth-order valence-corrected chi connectivity index (χ4v) is 2.92. The molecule has 0 aliphatic carbocycles. The van der Waals surface area contributed by atoms with Gasteiger partial charge >= 0.3 is 0 Å². The Balaban J connectivity index is 1.87. The van der Waals surface area contributed by atoms with Crippen LogP contribution in [0.15, 0.2) is 0 Å². The van der Waals surface area contributed by atoms with E-state index >= 15 is 0 Å². The lowest BCUT2D eigenvalue weighted by Gasteiger charge is -2.36. The van der Waals surface area contributed by atoms with E-state index < -0.39 is 0 Å². The molecule has 2 aliphatic heterocycles. The van der Waals surface area contributed by atoms with E-state index in [4.69, 9.17) is 4.74 Å². The Bertz CT molecular complexity index is 327. The van der Waals surface area contributed by atoms with E-state index in [0.717, 1.165) is 19.4 Å². The second-order valence-corrected chi connectivity index (χ2v) is 5.52. The number of morpholine rings is 1. The molecular formula is C14H24N2O3. The highest BCUT2D eigenvalue weighted by Gasteiger charge is 2.27. The van der Waals surface area contributed by atoms with E-state index in [1.165, 1.54) is 6.42 Å². The van der Waals surface area contributed by atoms with Crippen LogP contribution in [0.25, 0.3) is 0 Å². The molecule has 2 aliphatic rings. The highest BCUT2D eigenvalue weighted by molar-refractivity contribution is 5.79. The first kappa shape index (κ1) is 14.5. The number of ketones is 1. The summed E-state index contributed by atoms with van der Waals surface area (Å²) in [6.45, 7) is 5.71. The fourth-order valence-electron chi connectivity index (χ4n) is 2.92.